The lowest BCUT2D eigenvalue weighted by atomic mass is 9.84. The Morgan fingerprint density at radius 1 is 1.33 bits per heavy atom. The first-order valence-electron chi connectivity index (χ1n) is 6.84. The Hall–Kier alpha value is -0.930. The Kier molecular flexibility index (Phi) is 5.29. The highest BCUT2D eigenvalue weighted by Crippen LogP contribution is 2.34. The van der Waals surface area contributed by atoms with Crippen molar-refractivity contribution in [2.45, 2.75) is 52.7 Å². The summed E-state index contributed by atoms with van der Waals surface area (Å²) in [4.78, 5) is 6.47. The molecule has 0 radical (unpaired) electrons. The molecule has 0 aromatic carbocycles. The number of aryl methyl sites for hydroxylation is 1. The summed E-state index contributed by atoms with van der Waals surface area (Å²) in [5, 5.41) is 10.8. The third-order valence-electron chi connectivity index (χ3n) is 4.16. The minimum atomic E-state index is -0.504. The fourth-order valence-electron chi connectivity index (χ4n) is 2.63. The minimum absolute atomic E-state index is 0.239. The quantitative estimate of drug-likeness (QED) is 0.843. The summed E-state index contributed by atoms with van der Waals surface area (Å²) in [5.74, 6) is 0. The van der Waals surface area contributed by atoms with Gasteiger partial charge in [0.1, 0.15) is 0 Å². The van der Waals surface area contributed by atoms with Gasteiger partial charge in [0.25, 0.3) is 0 Å². The van der Waals surface area contributed by atoms with Crippen LogP contribution in [0.5, 0.6) is 0 Å². The predicted molar refractivity (Wildman–Crippen MR) is 75.6 cm³/mol. The zero-order chi connectivity index (χ0) is 13.8. The molecule has 1 heterocycles. The summed E-state index contributed by atoms with van der Waals surface area (Å²) in [6.45, 7) is 12.5. The third kappa shape index (κ3) is 2.73. The van der Waals surface area contributed by atoms with E-state index in [9.17, 15) is 5.11 Å². The largest absolute Gasteiger partial charge is 0.386 e. The van der Waals surface area contributed by atoms with Gasteiger partial charge in [0, 0.05) is 23.5 Å². The van der Waals surface area contributed by atoms with Crippen LogP contribution in [-0.4, -0.2) is 33.6 Å². The van der Waals surface area contributed by atoms with Crippen molar-refractivity contribution in [3.05, 3.63) is 29.6 Å². The highest BCUT2D eigenvalue weighted by Gasteiger charge is 2.37. The van der Waals surface area contributed by atoms with E-state index in [0.29, 0.717) is 0 Å². The number of rotatable bonds is 6. The molecule has 3 nitrogen and oxygen atoms in total. The van der Waals surface area contributed by atoms with Gasteiger partial charge in [-0.2, -0.15) is 0 Å². The van der Waals surface area contributed by atoms with Crippen LogP contribution in [0.3, 0.4) is 0 Å². The number of likely N-dealkylation sites (N-methyl/N-ethyl adjacent to an activating group) is 1. The molecule has 0 aliphatic carbocycles. The number of aliphatic hydroxyl groups excluding tert-OH is 1. The van der Waals surface area contributed by atoms with Crippen LogP contribution < -0.4 is 0 Å². The molecule has 0 spiro atoms. The van der Waals surface area contributed by atoms with Gasteiger partial charge in [-0.1, -0.05) is 20.8 Å². The molecule has 0 amide bonds. The Labute approximate surface area is 111 Å². The van der Waals surface area contributed by atoms with Crippen molar-refractivity contribution in [2.24, 2.45) is 0 Å². The minimum Gasteiger partial charge on any atom is -0.386 e. The second kappa shape index (κ2) is 6.30. The van der Waals surface area contributed by atoms with Gasteiger partial charge in [-0.3, -0.25) is 9.88 Å². The average Bonchev–Trinajstić information content (AvgIpc) is 2.39. The maximum Gasteiger partial charge on any atom is 0.0988 e. The zero-order valence-electron chi connectivity index (χ0n) is 12.3. The normalized spacial score (nSPS) is 16.6. The van der Waals surface area contributed by atoms with E-state index in [1.807, 2.05) is 13.0 Å². The van der Waals surface area contributed by atoms with Crippen LogP contribution in [0.25, 0.3) is 0 Å². The molecule has 0 bridgehead atoms. The van der Waals surface area contributed by atoms with Gasteiger partial charge in [0.2, 0.25) is 0 Å². The number of aliphatic hydroxyl groups is 1. The summed E-state index contributed by atoms with van der Waals surface area (Å²) in [6.07, 6.45) is 3.96. The fourth-order valence-corrected chi connectivity index (χ4v) is 2.63. The van der Waals surface area contributed by atoms with Crippen molar-refractivity contribution in [3.8, 4) is 0 Å². The Bertz CT molecular complexity index is 377. The molecule has 3 heteroatoms. The molecule has 1 N–H and O–H groups in total. The molecule has 18 heavy (non-hydrogen) atoms. The topological polar surface area (TPSA) is 36.4 Å². The van der Waals surface area contributed by atoms with E-state index in [-0.39, 0.29) is 5.54 Å². The van der Waals surface area contributed by atoms with E-state index in [1.165, 1.54) is 0 Å². The molecule has 102 valence electrons. The molecule has 2 unspecified atom stereocenters. The van der Waals surface area contributed by atoms with Crippen LogP contribution in [0.4, 0.5) is 0 Å². The summed E-state index contributed by atoms with van der Waals surface area (Å²) in [7, 11) is 0. The number of aromatic nitrogens is 1. The first-order chi connectivity index (χ1) is 8.51. The van der Waals surface area contributed by atoms with Crippen LogP contribution >= 0.6 is 0 Å². The van der Waals surface area contributed by atoms with Crippen molar-refractivity contribution in [1.29, 1.82) is 0 Å². The highest BCUT2D eigenvalue weighted by molar-refractivity contribution is 5.26. The van der Waals surface area contributed by atoms with Crippen LogP contribution in [0.1, 0.15) is 51.3 Å². The molecule has 0 aliphatic rings. The van der Waals surface area contributed by atoms with E-state index in [2.05, 4.69) is 37.6 Å². The van der Waals surface area contributed by atoms with E-state index in [4.69, 9.17) is 0 Å². The van der Waals surface area contributed by atoms with E-state index in [1.54, 1.807) is 12.4 Å². The van der Waals surface area contributed by atoms with Gasteiger partial charge in [-0.15, -0.1) is 0 Å². The molecule has 1 rings (SSSR count). The maximum atomic E-state index is 10.8. The average molecular weight is 250 g/mol. The molecular weight excluding hydrogens is 224 g/mol. The number of hydrogen-bond acceptors (Lipinski definition) is 3. The van der Waals surface area contributed by atoms with Gasteiger partial charge in [0.15, 0.2) is 0 Å². The smallest absolute Gasteiger partial charge is 0.0988 e. The van der Waals surface area contributed by atoms with Crippen molar-refractivity contribution >= 4 is 0 Å². The van der Waals surface area contributed by atoms with E-state index < -0.39 is 6.10 Å². The van der Waals surface area contributed by atoms with Gasteiger partial charge >= 0.3 is 0 Å². The standard InChI is InChI=1S/C15H26N2O/c1-6-15(5,17(7-2)8-3)14(18)13-11-16-10-9-12(13)4/h9-11,14,18H,6-8H2,1-5H3. The lowest BCUT2D eigenvalue weighted by Crippen LogP contribution is -2.50. The van der Waals surface area contributed by atoms with Crippen molar-refractivity contribution in [3.63, 3.8) is 0 Å². The molecule has 0 aliphatic heterocycles. The molecule has 0 saturated heterocycles. The van der Waals surface area contributed by atoms with Crippen molar-refractivity contribution < 1.29 is 5.11 Å². The SMILES string of the molecule is CCN(CC)C(C)(CC)C(O)c1cnccc1C. The second-order valence-electron chi connectivity index (χ2n) is 5.02. The van der Waals surface area contributed by atoms with Crippen molar-refractivity contribution in [2.75, 3.05) is 13.1 Å². The van der Waals surface area contributed by atoms with Gasteiger partial charge < -0.3 is 5.11 Å². The second-order valence-corrected chi connectivity index (χ2v) is 5.02. The maximum absolute atomic E-state index is 10.8. The van der Waals surface area contributed by atoms with Crippen LogP contribution in [0.15, 0.2) is 18.5 Å². The van der Waals surface area contributed by atoms with Crippen LogP contribution in [0.2, 0.25) is 0 Å². The summed E-state index contributed by atoms with van der Waals surface area (Å²) in [5.41, 5.74) is 1.80. The molecule has 1 aromatic rings. The van der Waals surface area contributed by atoms with Crippen molar-refractivity contribution in [1.82, 2.24) is 9.88 Å². The summed E-state index contributed by atoms with van der Waals surface area (Å²) in [6, 6.07) is 1.96. The number of hydrogen-bond donors (Lipinski definition) is 1. The Morgan fingerprint density at radius 2 is 1.94 bits per heavy atom. The number of nitrogens with zero attached hydrogens (tertiary/aromatic N) is 2. The monoisotopic (exact) mass is 250 g/mol. The van der Waals surface area contributed by atoms with Crippen LogP contribution in [-0.2, 0) is 0 Å². The van der Waals surface area contributed by atoms with Crippen LogP contribution in [0, 0.1) is 6.92 Å². The van der Waals surface area contributed by atoms with E-state index in [0.717, 1.165) is 30.6 Å². The molecule has 2 atom stereocenters. The summed E-state index contributed by atoms with van der Waals surface area (Å²) >= 11 is 0. The lowest BCUT2D eigenvalue weighted by Gasteiger charge is -2.43. The molecule has 1 aromatic heterocycles. The first kappa shape index (κ1) is 15.1. The first-order valence-corrected chi connectivity index (χ1v) is 6.84. The Morgan fingerprint density at radius 3 is 2.39 bits per heavy atom. The molecular formula is C15H26N2O. The highest BCUT2D eigenvalue weighted by atomic mass is 16.3. The lowest BCUT2D eigenvalue weighted by molar-refractivity contribution is -0.0218. The fraction of sp³-hybridized carbons (Fsp3) is 0.667. The zero-order valence-corrected chi connectivity index (χ0v) is 12.3. The third-order valence-corrected chi connectivity index (χ3v) is 4.16. The summed E-state index contributed by atoms with van der Waals surface area (Å²) < 4.78 is 0. The van der Waals surface area contributed by atoms with Gasteiger partial charge in [-0.05, 0) is 45.0 Å². The molecule has 0 fully saturated rings. The predicted octanol–water partition coefficient (Wildman–Crippen LogP) is 2.93. The number of pyridine rings is 1. The molecule has 0 saturated carbocycles. The van der Waals surface area contributed by atoms with Gasteiger partial charge in [-0.25, -0.2) is 0 Å². The van der Waals surface area contributed by atoms with E-state index >= 15 is 0 Å². The van der Waals surface area contributed by atoms with Gasteiger partial charge in [0.05, 0.1) is 6.10 Å². The Balaban J connectivity index is 3.12.